The van der Waals surface area contributed by atoms with Gasteiger partial charge in [-0.2, -0.15) is 0 Å². The molecule has 19 heavy (non-hydrogen) atoms. The first kappa shape index (κ1) is 14.4. The molecular weight excluding hydrogens is 324 g/mol. The van der Waals surface area contributed by atoms with Crippen LogP contribution in [0.3, 0.4) is 0 Å². The highest BCUT2D eigenvalue weighted by molar-refractivity contribution is 9.10. The van der Waals surface area contributed by atoms with Crippen LogP contribution in [0, 0.1) is 0 Å². The number of nitrogens with zero attached hydrogens (tertiary/aromatic N) is 1. The Labute approximate surface area is 127 Å². The molecule has 0 atom stereocenters. The van der Waals surface area contributed by atoms with Crippen molar-refractivity contribution in [3.63, 3.8) is 0 Å². The quantitative estimate of drug-likeness (QED) is 0.841. The standard InChI is InChI=1S/C15H16BrClN2/c1-19(9-11-2-5-13(16)6-3-11)10-12-4-7-14(17)15(18)8-12/h2-8H,9-10,18H2,1H3. The van der Waals surface area contributed by atoms with E-state index in [1.165, 1.54) is 11.1 Å². The van der Waals surface area contributed by atoms with Crippen LogP contribution in [0.25, 0.3) is 0 Å². The average Bonchev–Trinajstić information content (AvgIpc) is 2.37. The van der Waals surface area contributed by atoms with E-state index in [4.69, 9.17) is 17.3 Å². The highest BCUT2D eigenvalue weighted by atomic mass is 79.9. The van der Waals surface area contributed by atoms with Gasteiger partial charge in [0.2, 0.25) is 0 Å². The molecule has 2 aromatic rings. The molecule has 0 aliphatic carbocycles. The fourth-order valence-corrected chi connectivity index (χ4v) is 2.34. The van der Waals surface area contributed by atoms with Crippen molar-refractivity contribution in [3.8, 4) is 0 Å². The summed E-state index contributed by atoms with van der Waals surface area (Å²) in [5.74, 6) is 0. The lowest BCUT2D eigenvalue weighted by molar-refractivity contribution is 0.319. The first-order valence-electron chi connectivity index (χ1n) is 6.01. The number of anilines is 1. The lowest BCUT2D eigenvalue weighted by atomic mass is 10.1. The molecule has 0 radical (unpaired) electrons. The SMILES string of the molecule is CN(Cc1ccc(Br)cc1)Cc1ccc(Cl)c(N)c1. The number of hydrogen-bond donors (Lipinski definition) is 1. The zero-order valence-corrected chi connectivity index (χ0v) is 13.1. The van der Waals surface area contributed by atoms with E-state index in [0.29, 0.717) is 10.7 Å². The maximum Gasteiger partial charge on any atom is 0.0635 e. The van der Waals surface area contributed by atoms with E-state index >= 15 is 0 Å². The molecule has 0 aliphatic rings. The second-order valence-corrected chi connectivity index (χ2v) is 5.98. The Balaban J connectivity index is 1.98. The van der Waals surface area contributed by atoms with Gasteiger partial charge in [0.05, 0.1) is 10.7 Å². The molecule has 2 nitrogen and oxygen atoms in total. The van der Waals surface area contributed by atoms with Gasteiger partial charge in [-0.3, -0.25) is 4.90 Å². The number of hydrogen-bond acceptors (Lipinski definition) is 2. The molecule has 0 spiro atoms. The van der Waals surface area contributed by atoms with Crippen molar-refractivity contribution in [2.24, 2.45) is 0 Å². The van der Waals surface area contributed by atoms with Crippen LogP contribution < -0.4 is 5.73 Å². The molecule has 0 aliphatic heterocycles. The number of benzene rings is 2. The molecule has 2 N–H and O–H groups in total. The van der Waals surface area contributed by atoms with E-state index in [1.54, 1.807) is 0 Å². The monoisotopic (exact) mass is 338 g/mol. The summed E-state index contributed by atoms with van der Waals surface area (Å²) in [6, 6.07) is 14.2. The Kier molecular flexibility index (Phi) is 4.86. The van der Waals surface area contributed by atoms with Crippen molar-refractivity contribution in [1.82, 2.24) is 4.90 Å². The summed E-state index contributed by atoms with van der Waals surface area (Å²) in [6.45, 7) is 1.74. The summed E-state index contributed by atoms with van der Waals surface area (Å²) in [5, 5.41) is 0.610. The summed E-state index contributed by atoms with van der Waals surface area (Å²) in [4.78, 5) is 2.24. The van der Waals surface area contributed by atoms with Gasteiger partial charge in [-0.25, -0.2) is 0 Å². The van der Waals surface area contributed by atoms with Crippen molar-refractivity contribution in [2.45, 2.75) is 13.1 Å². The van der Waals surface area contributed by atoms with E-state index in [9.17, 15) is 0 Å². The van der Waals surface area contributed by atoms with Crippen LogP contribution >= 0.6 is 27.5 Å². The molecule has 0 amide bonds. The summed E-state index contributed by atoms with van der Waals surface area (Å²) >= 11 is 9.36. The smallest absolute Gasteiger partial charge is 0.0635 e. The summed E-state index contributed by atoms with van der Waals surface area (Å²) in [7, 11) is 2.09. The molecule has 0 aromatic heterocycles. The van der Waals surface area contributed by atoms with Crippen molar-refractivity contribution in [2.75, 3.05) is 12.8 Å². The van der Waals surface area contributed by atoms with Crippen molar-refractivity contribution >= 4 is 33.2 Å². The molecule has 0 bridgehead atoms. The van der Waals surface area contributed by atoms with Gasteiger partial charge in [0.1, 0.15) is 0 Å². The summed E-state index contributed by atoms with van der Waals surface area (Å²) < 4.78 is 1.10. The van der Waals surface area contributed by atoms with Crippen LogP contribution in [-0.2, 0) is 13.1 Å². The third-order valence-corrected chi connectivity index (χ3v) is 3.75. The van der Waals surface area contributed by atoms with Gasteiger partial charge in [-0.15, -0.1) is 0 Å². The first-order valence-corrected chi connectivity index (χ1v) is 7.18. The Hall–Kier alpha value is -1.03. The van der Waals surface area contributed by atoms with Crippen LogP contribution in [0.2, 0.25) is 5.02 Å². The van der Waals surface area contributed by atoms with E-state index < -0.39 is 0 Å². The van der Waals surface area contributed by atoms with Gasteiger partial charge in [0.25, 0.3) is 0 Å². The molecule has 0 saturated carbocycles. The number of nitrogen functional groups attached to an aromatic ring is 1. The predicted octanol–water partition coefficient (Wildman–Crippen LogP) is 4.32. The zero-order chi connectivity index (χ0) is 13.8. The second kappa shape index (κ2) is 6.42. The Bertz CT molecular complexity index is 555. The zero-order valence-electron chi connectivity index (χ0n) is 10.7. The average molecular weight is 340 g/mol. The normalized spacial score (nSPS) is 10.9. The third kappa shape index (κ3) is 4.23. The lowest BCUT2D eigenvalue weighted by Crippen LogP contribution is -2.17. The summed E-state index contributed by atoms with van der Waals surface area (Å²) in [5.41, 5.74) is 8.90. The molecule has 0 unspecified atom stereocenters. The van der Waals surface area contributed by atoms with Crippen LogP contribution in [0.4, 0.5) is 5.69 Å². The van der Waals surface area contributed by atoms with E-state index in [-0.39, 0.29) is 0 Å². The fourth-order valence-electron chi connectivity index (χ4n) is 1.96. The third-order valence-electron chi connectivity index (χ3n) is 2.88. The van der Waals surface area contributed by atoms with Crippen molar-refractivity contribution in [1.29, 1.82) is 0 Å². The number of rotatable bonds is 4. The lowest BCUT2D eigenvalue weighted by Gasteiger charge is -2.17. The number of nitrogens with two attached hydrogens (primary N) is 1. The van der Waals surface area contributed by atoms with Gasteiger partial charge in [-0.05, 0) is 42.4 Å². The highest BCUT2D eigenvalue weighted by Crippen LogP contribution is 2.20. The van der Waals surface area contributed by atoms with E-state index in [0.717, 1.165) is 17.6 Å². The maximum absolute atomic E-state index is 5.92. The fraction of sp³-hybridized carbons (Fsp3) is 0.200. The highest BCUT2D eigenvalue weighted by Gasteiger charge is 2.04. The van der Waals surface area contributed by atoms with Crippen molar-refractivity contribution < 1.29 is 0 Å². The van der Waals surface area contributed by atoms with Crippen LogP contribution in [0.15, 0.2) is 46.9 Å². The minimum absolute atomic E-state index is 0.610. The molecule has 2 rings (SSSR count). The first-order chi connectivity index (χ1) is 9.04. The number of halogens is 2. The molecule has 2 aromatic carbocycles. The van der Waals surface area contributed by atoms with Gasteiger partial charge in [-0.1, -0.05) is 45.7 Å². The maximum atomic E-state index is 5.92. The molecule has 4 heteroatoms. The minimum atomic E-state index is 0.610. The largest absolute Gasteiger partial charge is 0.398 e. The summed E-state index contributed by atoms with van der Waals surface area (Å²) in [6.07, 6.45) is 0. The second-order valence-electron chi connectivity index (χ2n) is 4.65. The molecule has 0 saturated heterocycles. The van der Waals surface area contributed by atoms with Crippen LogP contribution in [0.1, 0.15) is 11.1 Å². The topological polar surface area (TPSA) is 29.3 Å². The van der Waals surface area contributed by atoms with Gasteiger partial charge < -0.3 is 5.73 Å². The predicted molar refractivity (Wildman–Crippen MR) is 85.2 cm³/mol. The van der Waals surface area contributed by atoms with Gasteiger partial charge in [0.15, 0.2) is 0 Å². The minimum Gasteiger partial charge on any atom is -0.398 e. The van der Waals surface area contributed by atoms with Gasteiger partial charge >= 0.3 is 0 Å². The molecule has 100 valence electrons. The molecular formula is C15H16BrClN2. The molecule has 0 heterocycles. The van der Waals surface area contributed by atoms with Crippen molar-refractivity contribution in [3.05, 3.63) is 63.1 Å². The van der Waals surface area contributed by atoms with Crippen LogP contribution in [0.5, 0.6) is 0 Å². The molecule has 0 fully saturated rings. The Morgan fingerprint density at radius 3 is 2.26 bits per heavy atom. The Morgan fingerprint density at radius 1 is 1.05 bits per heavy atom. The van der Waals surface area contributed by atoms with E-state index in [2.05, 4.69) is 52.1 Å². The van der Waals surface area contributed by atoms with E-state index in [1.807, 2.05) is 18.2 Å². The Morgan fingerprint density at radius 2 is 1.63 bits per heavy atom. The van der Waals surface area contributed by atoms with Gasteiger partial charge in [0, 0.05) is 17.6 Å². The van der Waals surface area contributed by atoms with Crippen LogP contribution in [-0.4, -0.2) is 11.9 Å².